The lowest BCUT2D eigenvalue weighted by atomic mass is 10.2. The molecule has 2 aromatic rings. The van der Waals surface area contributed by atoms with Crippen molar-refractivity contribution < 1.29 is 22.7 Å². The van der Waals surface area contributed by atoms with Crippen molar-refractivity contribution in [1.29, 1.82) is 0 Å². The number of ether oxygens (including phenoxy) is 1. The van der Waals surface area contributed by atoms with Crippen LogP contribution >= 0.6 is 11.6 Å². The first kappa shape index (κ1) is 21.9. The topological polar surface area (TPSA) is 102 Å². The van der Waals surface area contributed by atoms with Crippen molar-refractivity contribution in [2.75, 3.05) is 13.2 Å². The smallest absolute Gasteiger partial charge is 0.338 e. The molecule has 1 amide bonds. The second-order valence-electron chi connectivity index (χ2n) is 5.88. The zero-order chi connectivity index (χ0) is 20.6. The Bertz CT molecular complexity index is 933. The first-order valence-electron chi connectivity index (χ1n) is 8.60. The molecule has 7 nitrogen and oxygen atoms in total. The van der Waals surface area contributed by atoms with Gasteiger partial charge in [0.2, 0.25) is 10.0 Å². The normalized spacial score (nSPS) is 11.1. The lowest BCUT2D eigenvalue weighted by Gasteiger charge is -2.10. The van der Waals surface area contributed by atoms with Crippen LogP contribution in [0.3, 0.4) is 0 Å². The van der Waals surface area contributed by atoms with Crippen LogP contribution in [-0.4, -0.2) is 33.4 Å². The number of carbonyl (C=O) groups excluding carboxylic acids is 2. The van der Waals surface area contributed by atoms with Crippen LogP contribution in [0.1, 0.15) is 29.3 Å². The molecule has 0 spiro atoms. The summed E-state index contributed by atoms with van der Waals surface area (Å²) in [7, 11) is -3.96. The summed E-state index contributed by atoms with van der Waals surface area (Å²) >= 11 is 6.02. The number of hydrogen-bond donors (Lipinski definition) is 2. The van der Waals surface area contributed by atoms with Gasteiger partial charge in [-0.05, 0) is 30.2 Å². The van der Waals surface area contributed by atoms with Crippen molar-refractivity contribution in [1.82, 2.24) is 10.0 Å². The predicted octanol–water partition coefficient (Wildman–Crippen LogP) is 2.50. The fraction of sp³-hybridized carbons (Fsp3) is 0.263. The lowest BCUT2D eigenvalue weighted by molar-refractivity contribution is -0.124. The van der Waals surface area contributed by atoms with Gasteiger partial charge in [0.1, 0.15) is 4.90 Å². The zero-order valence-electron chi connectivity index (χ0n) is 15.3. The Morgan fingerprint density at radius 1 is 1.11 bits per heavy atom. The molecule has 0 aromatic heterocycles. The predicted molar refractivity (Wildman–Crippen MR) is 106 cm³/mol. The van der Waals surface area contributed by atoms with Gasteiger partial charge < -0.3 is 10.1 Å². The number of nitrogens with one attached hydrogen (secondary N) is 2. The Morgan fingerprint density at radius 2 is 1.82 bits per heavy atom. The monoisotopic (exact) mass is 424 g/mol. The number of halogens is 1. The van der Waals surface area contributed by atoms with E-state index in [1.54, 1.807) is 24.3 Å². The molecule has 0 saturated heterocycles. The molecule has 0 bridgehead atoms. The van der Waals surface area contributed by atoms with Gasteiger partial charge in [-0.25, -0.2) is 17.9 Å². The van der Waals surface area contributed by atoms with Crippen LogP contribution in [0.25, 0.3) is 0 Å². The van der Waals surface area contributed by atoms with Gasteiger partial charge in [0.25, 0.3) is 5.91 Å². The first-order valence-corrected chi connectivity index (χ1v) is 10.5. The Labute approximate surface area is 169 Å². The minimum absolute atomic E-state index is 0.0206. The van der Waals surface area contributed by atoms with E-state index in [1.165, 1.54) is 12.1 Å². The third-order valence-electron chi connectivity index (χ3n) is 3.67. The van der Waals surface area contributed by atoms with Gasteiger partial charge in [-0.2, -0.15) is 0 Å². The van der Waals surface area contributed by atoms with Crippen LogP contribution in [0.15, 0.2) is 53.4 Å². The molecule has 28 heavy (non-hydrogen) atoms. The van der Waals surface area contributed by atoms with Crippen LogP contribution in [-0.2, 0) is 26.1 Å². The summed E-state index contributed by atoms with van der Waals surface area (Å²) in [5.74, 6) is -1.25. The molecule has 0 aliphatic heterocycles. The first-order chi connectivity index (χ1) is 13.3. The molecule has 2 N–H and O–H groups in total. The summed E-state index contributed by atoms with van der Waals surface area (Å²) in [6.45, 7) is 2.00. The highest BCUT2D eigenvalue weighted by atomic mass is 35.5. The van der Waals surface area contributed by atoms with E-state index in [2.05, 4.69) is 10.0 Å². The molecular weight excluding hydrogens is 404 g/mol. The Balaban J connectivity index is 2.08. The third-order valence-corrected chi connectivity index (χ3v) is 5.55. The summed E-state index contributed by atoms with van der Waals surface area (Å²) in [5.41, 5.74) is 0.753. The quantitative estimate of drug-likeness (QED) is 0.602. The lowest BCUT2D eigenvalue weighted by Crippen LogP contribution is -2.29. The fourth-order valence-corrected chi connectivity index (χ4v) is 3.76. The van der Waals surface area contributed by atoms with E-state index in [9.17, 15) is 18.0 Å². The number of esters is 1. The van der Waals surface area contributed by atoms with Gasteiger partial charge in [-0.15, -0.1) is 0 Å². The summed E-state index contributed by atoms with van der Waals surface area (Å²) in [6, 6.07) is 12.7. The second-order valence-corrected chi connectivity index (χ2v) is 8.02. The number of hydrogen-bond acceptors (Lipinski definition) is 5. The molecule has 9 heteroatoms. The molecule has 2 rings (SSSR count). The minimum Gasteiger partial charge on any atom is -0.452 e. The van der Waals surface area contributed by atoms with Crippen molar-refractivity contribution in [3.63, 3.8) is 0 Å². The molecular formula is C19H21ClN2O5S. The largest absolute Gasteiger partial charge is 0.452 e. The maximum Gasteiger partial charge on any atom is 0.338 e. The Morgan fingerprint density at radius 3 is 2.50 bits per heavy atom. The van der Waals surface area contributed by atoms with E-state index >= 15 is 0 Å². The molecule has 0 unspecified atom stereocenters. The van der Waals surface area contributed by atoms with Crippen molar-refractivity contribution >= 4 is 33.5 Å². The highest BCUT2D eigenvalue weighted by Gasteiger charge is 2.21. The molecule has 0 aliphatic carbocycles. The number of benzene rings is 2. The highest BCUT2D eigenvalue weighted by molar-refractivity contribution is 7.89. The minimum atomic E-state index is -3.96. The van der Waals surface area contributed by atoms with Crippen LogP contribution < -0.4 is 10.0 Å². The molecule has 0 radical (unpaired) electrons. The van der Waals surface area contributed by atoms with Crippen molar-refractivity contribution in [2.24, 2.45) is 0 Å². The molecule has 150 valence electrons. The van der Waals surface area contributed by atoms with Crippen LogP contribution in [0.2, 0.25) is 5.02 Å². The Hall–Kier alpha value is -2.42. The highest BCUT2D eigenvalue weighted by Crippen LogP contribution is 2.23. The number of carbonyl (C=O) groups is 2. The van der Waals surface area contributed by atoms with Crippen LogP contribution in [0.5, 0.6) is 0 Å². The molecule has 0 aliphatic rings. The van der Waals surface area contributed by atoms with Crippen LogP contribution in [0.4, 0.5) is 0 Å². The summed E-state index contributed by atoms with van der Waals surface area (Å²) in [6.07, 6.45) is 0.758. The average molecular weight is 425 g/mol. The van der Waals surface area contributed by atoms with Gasteiger partial charge in [0.05, 0.1) is 10.6 Å². The molecule has 0 atom stereocenters. The van der Waals surface area contributed by atoms with Gasteiger partial charge >= 0.3 is 5.97 Å². The fourth-order valence-electron chi connectivity index (χ4n) is 2.22. The zero-order valence-corrected chi connectivity index (χ0v) is 16.8. The standard InChI is InChI=1S/C19H21ClN2O5S/c1-2-10-21-18(23)13-27-19(24)15-8-9-16(20)17(11-15)28(25,26)22-12-14-6-4-3-5-7-14/h3-9,11,22H,2,10,12-13H2,1H3,(H,21,23). The molecule has 0 saturated carbocycles. The SMILES string of the molecule is CCCNC(=O)COC(=O)c1ccc(Cl)c(S(=O)(=O)NCc2ccccc2)c1. The maximum absolute atomic E-state index is 12.6. The molecule has 0 heterocycles. The maximum atomic E-state index is 12.6. The van der Waals surface area contributed by atoms with Gasteiger partial charge in [0.15, 0.2) is 6.61 Å². The van der Waals surface area contributed by atoms with Gasteiger partial charge in [0, 0.05) is 13.1 Å². The average Bonchev–Trinajstić information content (AvgIpc) is 2.70. The number of rotatable bonds is 9. The van der Waals surface area contributed by atoms with E-state index in [0.29, 0.717) is 6.54 Å². The summed E-state index contributed by atoms with van der Waals surface area (Å²) in [4.78, 5) is 23.4. The van der Waals surface area contributed by atoms with Gasteiger partial charge in [-0.1, -0.05) is 48.9 Å². The van der Waals surface area contributed by atoms with E-state index < -0.39 is 28.5 Å². The number of sulfonamides is 1. The van der Waals surface area contributed by atoms with E-state index in [4.69, 9.17) is 16.3 Å². The second kappa shape index (κ2) is 10.2. The van der Waals surface area contributed by atoms with E-state index in [-0.39, 0.29) is 22.0 Å². The van der Waals surface area contributed by atoms with E-state index in [0.717, 1.165) is 18.1 Å². The molecule has 2 aromatic carbocycles. The third kappa shape index (κ3) is 6.33. The molecule has 0 fully saturated rings. The number of amides is 1. The Kier molecular flexibility index (Phi) is 7.98. The van der Waals surface area contributed by atoms with Crippen molar-refractivity contribution in [3.05, 3.63) is 64.7 Å². The van der Waals surface area contributed by atoms with Crippen molar-refractivity contribution in [3.8, 4) is 0 Å². The van der Waals surface area contributed by atoms with E-state index in [1.807, 2.05) is 13.0 Å². The van der Waals surface area contributed by atoms with Crippen LogP contribution in [0, 0.1) is 0 Å². The van der Waals surface area contributed by atoms with Crippen molar-refractivity contribution in [2.45, 2.75) is 24.8 Å². The summed E-state index contributed by atoms with van der Waals surface area (Å²) in [5, 5.41) is 2.54. The van der Waals surface area contributed by atoms with Gasteiger partial charge in [-0.3, -0.25) is 4.79 Å². The summed E-state index contributed by atoms with van der Waals surface area (Å²) < 4.78 is 32.5.